The van der Waals surface area contributed by atoms with Gasteiger partial charge in [0.2, 0.25) is 0 Å². The summed E-state index contributed by atoms with van der Waals surface area (Å²) in [6.45, 7) is 6.47. The van der Waals surface area contributed by atoms with Gasteiger partial charge in [-0.15, -0.1) is 0 Å². The fourth-order valence-electron chi connectivity index (χ4n) is 1.93. The highest BCUT2D eigenvalue weighted by Gasteiger charge is 2.38. The Hall–Kier alpha value is -0.660. The fraction of sp³-hybridized carbons (Fsp3) is 0.909. The summed E-state index contributed by atoms with van der Waals surface area (Å²) in [6.07, 6.45) is 1.21. The van der Waals surface area contributed by atoms with Crippen LogP contribution in [0.25, 0.3) is 0 Å². The Bertz CT molecular complexity index is 411. The van der Waals surface area contributed by atoms with Gasteiger partial charge in [0.15, 0.2) is 0 Å². The third-order valence-corrected chi connectivity index (χ3v) is 6.06. The molecule has 1 rings (SSSR count). The molecule has 0 aliphatic carbocycles. The number of piperidine rings is 1. The van der Waals surface area contributed by atoms with Gasteiger partial charge >= 0.3 is 0 Å². The molecule has 0 aromatic carbocycles. The predicted octanol–water partition coefficient (Wildman–Crippen LogP) is 0.609. The average molecular weight is 276 g/mol. The molecular weight excluding hydrogens is 252 g/mol. The first kappa shape index (κ1) is 15.4. The minimum atomic E-state index is -3.38. The zero-order valence-electron chi connectivity index (χ0n) is 11.6. The summed E-state index contributed by atoms with van der Waals surface area (Å²) in [5.41, 5.74) is 5.21. The Balaban J connectivity index is 2.77. The number of hydrogen-bond acceptors (Lipinski definition) is 3. The molecule has 6 nitrogen and oxygen atoms in total. The third kappa shape index (κ3) is 2.84. The lowest BCUT2D eigenvalue weighted by Crippen LogP contribution is -2.51. The van der Waals surface area contributed by atoms with E-state index in [0.29, 0.717) is 25.9 Å². The average Bonchev–Trinajstić information content (AvgIpc) is 2.28. The van der Waals surface area contributed by atoms with Gasteiger partial charge in [-0.25, -0.2) is 0 Å². The first-order chi connectivity index (χ1) is 8.11. The number of amidine groups is 1. The van der Waals surface area contributed by atoms with Crippen LogP contribution in [0.5, 0.6) is 0 Å². The van der Waals surface area contributed by atoms with Gasteiger partial charge in [-0.3, -0.25) is 5.41 Å². The Labute approximate surface area is 110 Å². The van der Waals surface area contributed by atoms with Crippen molar-refractivity contribution in [3.8, 4) is 0 Å². The van der Waals surface area contributed by atoms with Gasteiger partial charge in [-0.1, -0.05) is 6.92 Å². The maximum Gasteiger partial charge on any atom is 0.281 e. The highest BCUT2D eigenvalue weighted by atomic mass is 32.2. The van der Waals surface area contributed by atoms with E-state index >= 15 is 0 Å². The van der Waals surface area contributed by atoms with Crippen LogP contribution >= 0.6 is 0 Å². The van der Waals surface area contributed by atoms with Gasteiger partial charge < -0.3 is 5.73 Å². The SMILES string of the molecule is CC(C)N(C)S(=O)(=O)N1CCC(C)(C(=N)N)CC1. The Morgan fingerprint density at radius 2 is 1.83 bits per heavy atom. The van der Waals surface area contributed by atoms with E-state index < -0.39 is 10.2 Å². The molecule has 0 bridgehead atoms. The topological polar surface area (TPSA) is 90.5 Å². The van der Waals surface area contributed by atoms with Crippen LogP contribution in [0.3, 0.4) is 0 Å². The lowest BCUT2D eigenvalue weighted by molar-refractivity contribution is 0.226. The molecule has 1 fully saturated rings. The van der Waals surface area contributed by atoms with Gasteiger partial charge in [0, 0.05) is 31.6 Å². The van der Waals surface area contributed by atoms with Gasteiger partial charge in [0.25, 0.3) is 10.2 Å². The zero-order valence-corrected chi connectivity index (χ0v) is 12.4. The van der Waals surface area contributed by atoms with Crippen LogP contribution in [0.4, 0.5) is 0 Å². The molecule has 0 saturated carbocycles. The normalized spacial score (nSPS) is 21.4. The molecule has 106 valence electrons. The van der Waals surface area contributed by atoms with E-state index in [1.807, 2.05) is 20.8 Å². The first-order valence-electron chi connectivity index (χ1n) is 6.19. The van der Waals surface area contributed by atoms with Crippen molar-refractivity contribution < 1.29 is 8.42 Å². The number of rotatable bonds is 4. The number of hydrogen-bond donors (Lipinski definition) is 2. The molecule has 1 saturated heterocycles. The summed E-state index contributed by atoms with van der Waals surface area (Å²) in [6, 6.07) is -0.0592. The number of nitrogens with zero attached hydrogens (tertiary/aromatic N) is 2. The molecule has 0 spiro atoms. The van der Waals surface area contributed by atoms with Crippen molar-refractivity contribution in [2.75, 3.05) is 20.1 Å². The molecule has 1 heterocycles. The number of nitrogens with one attached hydrogen (secondary N) is 1. The standard InChI is InChI=1S/C11H24N4O2S/c1-9(2)14(4)18(16,17)15-7-5-11(3,6-8-15)10(12)13/h9H,5-8H2,1-4H3,(H3,12,13). The van der Waals surface area contributed by atoms with E-state index in [0.717, 1.165) is 0 Å². The minimum absolute atomic E-state index is 0.0592. The van der Waals surface area contributed by atoms with Gasteiger partial charge in [-0.2, -0.15) is 17.0 Å². The van der Waals surface area contributed by atoms with Crippen molar-refractivity contribution in [2.24, 2.45) is 11.1 Å². The minimum Gasteiger partial charge on any atom is -0.387 e. The molecule has 0 aromatic heterocycles. The zero-order chi connectivity index (χ0) is 14.1. The second-order valence-corrected chi connectivity index (χ2v) is 7.48. The van der Waals surface area contributed by atoms with Crippen LogP contribution < -0.4 is 5.73 Å². The molecule has 1 aliphatic rings. The third-order valence-electron chi connectivity index (χ3n) is 3.89. The monoisotopic (exact) mass is 276 g/mol. The van der Waals surface area contributed by atoms with E-state index in [2.05, 4.69) is 0 Å². The van der Waals surface area contributed by atoms with Crippen LogP contribution in [0.2, 0.25) is 0 Å². The summed E-state index contributed by atoms with van der Waals surface area (Å²) >= 11 is 0. The first-order valence-corrected chi connectivity index (χ1v) is 7.58. The maximum atomic E-state index is 12.3. The van der Waals surface area contributed by atoms with Crippen LogP contribution in [0, 0.1) is 10.8 Å². The molecule has 3 N–H and O–H groups in total. The lowest BCUT2D eigenvalue weighted by Gasteiger charge is -2.39. The Morgan fingerprint density at radius 3 is 2.17 bits per heavy atom. The van der Waals surface area contributed by atoms with E-state index in [-0.39, 0.29) is 17.3 Å². The Kier molecular flexibility index (Phi) is 4.40. The largest absolute Gasteiger partial charge is 0.387 e. The van der Waals surface area contributed by atoms with Crippen molar-refractivity contribution in [2.45, 2.75) is 39.7 Å². The molecule has 18 heavy (non-hydrogen) atoms. The van der Waals surface area contributed by atoms with Crippen LogP contribution in [0.15, 0.2) is 0 Å². The highest BCUT2D eigenvalue weighted by molar-refractivity contribution is 7.86. The predicted molar refractivity (Wildman–Crippen MR) is 72.6 cm³/mol. The van der Waals surface area contributed by atoms with Crippen LogP contribution in [0.1, 0.15) is 33.6 Å². The molecule has 0 atom stereocenters. The van der Waals surface area contributed by atoms with E-state index in [9.17, 15) is 8.42 Å². The van der Waals surface area contributed by atoms with Crippen molar-refractivity contribution in [3.63, 3.8) is 0 Å². The summed E-state index contributed by atoms with van der Waals surface area (Å²) in [5, 5.41) is 7.56. The van der Waals surface area contributed by atoms with Crippen molar-refractivity contribution in [1.82, 2.24) is 8.61 Å². The highest BCUT2D eigenvalue weighted by Crippen LogP contribution is 2.32. The summed E-state index contributed by atoms with van der Waals surface area (Å²) in [7, 11) is -1.79. The second-order valence-electron chi connectivity index (χ2n) is 5.49. The molecule has 0 aromatic rings. The molecule has 0 radical (unpaired) electrons. The van der Waals surface area contributed by atoms with Crippen LogP contribution in [-0.2, 0) is 10.2 Å². The van der Waals surface area contributed by atoms with Crippen molar-refractivity contribution >= 4 is 16.0 Å². The Morgan fingerprint density at radius 1 is 1.39 bits per heavy atom. The van der Waals surface area contributed by atoms with E-state index in [1.54, 1.807) is 7.05 Å². The summed E-state index contributed by atoms with van der Waals surface area (Å²) < 4.78 is 27.4. The van der Waals surface area contributed by atoms with Crippen LogP contribution in [-0.4, -0.2) is 49.0 Å². The fourth-order valence-corrected chi connectivity index (χ4v) is 3.47. The summed E-state index contributed by atoms with van der Waals surface area (Å²) in [5.74, 6) is 0.150. The van der Waals surface area contributed by atoms with E-state index in [1.165, 1.54) is 8.61 Å². The number of nitrogens with two attached hydrogens (primary N) is 1. The summed E-state index contributed by atoms with van der Waals surface area (Å²) in [4.78, 5) is 0. The molecule has 1 aliphatic heterocycles. The van der Waals surface area contributed by atoms with Gasteiger partial charge in [-0.05, 0) is 26.7 Å². The molecular formula is C11H24N4O2S. The quantitative estimate of drug-likeness (QED) is 0.582. The van der Waals surface area contributed by atoms with Crippen molar-refractivity contribution in [1.29, 1.82) is 5.41 Å². The molecule has 7 heteroatoms. The van der Waals surface area contributed by atoms with E-state index in [4.69, 9.17) is 11.1 Å². The lowest BCUT2D eigenvalue weighted by atomic mass is 9.80. The molecule has 0 amide bonds. The van der Waals surface area contributed by atoms with Crippen molar-refractivity contribution in [3.05, 3.63) is 0 Å². The van der Waals surface area contributed by atoms with Gasteiger partial charge in [0.1, 0.15) is 0 Å². The maximum absolute atomic E-state index is 12.3. The smallest absolute Gasteiger partial charge is 0.281 e. The second kappa shape index (κ2) is 5.14. The van der Waals surface area contributed by atoms with Gasteiger partial charge in [0.05, 0.1) is 5.84 Å². The molecule has 0 unspecified atom stereocenters.